The summed E-state index contributed by atoms with van der Waals surface area (Å²) in [5, 5.41) is 8.02. The fourth-order valence-electron chi connectivity index (χ4n) is 2.47. The van der Waals surface area contributed by atoms with Gasteiger partial charge in [0, 0.05) is 18.3 Å². The summed E-state index contributed by atoms with van der Waals surface area (Å²) in [5.74, 6) is -0.440. The SMILES string of the molecule is CC(=O)NC(CC(=O)Nc1ccc(NC(N)=O)cc1)c1ccc(C)cc1. The number of hydrogen-bond acceptors (Lipinski definition) is 3. The molecule has 0 bridgehead atoms. The monoisotopic (exact) mass is 354 g/mol. The topological polar surface area (TPSA) is 113 Å². The molecule has 1 atom stereocenters. The Bertz CT molecular complexity index is 785. The highest BCUT2D eigenvalue weighted by Crippen LogP contribution is 2.19. The highest BCUT2D eigenvalue weighted by atomic mass is 16.2. The predicted molar refractivity (Wildman–Crippen MR) is 101 cm³/mol. The number of hydrogen-bond donors (Lipinski definition) is 4. The summed E-state index contributed by atoms with van der Waals surface area (Å²) in [4.78, 5) is 34.6. The maximum absolute atomic E-state index is 12.4. The first-order valence-corrected chi connectivity index (χ1v) is 8.13. The number of anilines is 2. The Labute approximate surface area is 152 Å². The largest absolute Gasteiger partial charge is 0.351 e. The first kappa shape index (κ1) is 19.0. The van der Waals surface area contributed by atoms with Crippen molar-refractivity contribution in [2.75, 3.05) is 10.6 Å². The van der Waals surface area contributed by atoms with E-state index in [9.17, 15) is 14.4 Å². The molecule has 26 heavy (non-hydrogen) atoms. The van der Waals surface area contributed by atoms with Gasteiger partial charge in [-0.3, -0.25) is 9.59 Å². The van der Waals surface area contributed by atoms with Crippen LogP contribution in [0.1, 0.15) is 30.5 Å². The van der Waals surface area contributed by atoms with Crippen LogP contribution >= 0.6 is 0 Å². The lowest BCUT2D eigenvalue weighted by Crippen LogP contribution is -2.29. The van der Waals surface area contributed by atoms with Crippen molar-refractivity contribution in [3.63, 3.8) is 0 Å². The van der Waals surface area contributed by atoms with E-state index in [-0.39, 0.29) is 18.2 Å². The van der Waals surface area contributed by atoms with Gasteiger partial charge in [0.1, 0.15) is 0 Å². The molecule has 0 aromatic heterocycles. The highest BCUT2D eigenvalue weighted by Gasteiger charge is 2.17. The highest BCUT2D eigenvalue weighted by molar-refractivity contribution is 5.92. The second-order valence-corrected chi connectivity index (χ2v) is 5.98. The quantitative estimate of drug-likeness (QED) is 0.639. The van der Waals surface area contributed by atoms with Crippen molar-refractivity contribution in [3.8, 4) is 0 Å². The van der Waals surface area contributed by atoms with Gasteiger partial charge >= 0.3 is 6.03 Å². The number of carbonyl (C=O) groups excluding carboxylic acids is 3. The van der Waals surface area contributed by atoms with Crippen LogP contribution in [0.15, 0.2) is 48.5 Å². The molecule has 0 saturated heterocycles. The van der Waals surface area contributed by atoms with Crippen LogP contribution in [-0.2, 0) is 9.59 Å². The van der Waals surface area contributed by atoms with E-state index >= 15 is 0 Å². The molecule has 0 fully saturated rings. The fourth-order valence-corrected chi connectivity index (χ4v) is 2.47. The molecule has 2 rings (SSSR count). The minimum atomic E-state index is -0.655. The number of primary amides is 1. The van der Waals surface area contributed by atoms with E-state index in [4.69, 9.17) is 5.73 Å². The lowest BCUT2D eigenvalue weighted by Gasteiger charge is -2.18. The molecule has 7 heteroatoms. The molecule has 0 saturated carbocycles. The molecule has 5 N–H and O–H groups in total. The number of benzene rings is 2. The molecule has 7 nitrogen and oxygen atoms in total. The summed E-state index contributed by atoms with van der Waals surface area (Å²) in [6.45, 7) is 3.39. The van der Waals surface area contributed by atoms with Crippen molar-refractivity contribution in [2.24, 2.45) is 5.73 Å². The molecule has 0 aliphatic heterocycles. The number of amides is 4. The molecular weight excluding hydrogens is 332 g/mol. The molecule has 2 aromatic rings. The number of nitrogens with two attached hydrogens (primary N) is 1. The Morgan fingerprint density at radius 3 is 1.96 bits per heavy atom. The Kier molecular flexibility index (Phi) is 6.32. The van der Waals surface area contributed by atoms with Gasteiger partial charge in [-0.2, -0.15) is 0 Å². The smallest absolute Gasteiger partial charge is 0.316 e. The molecule has 1 unspecified atom stereocenters. The van der Waals surface area contributed by atoms with Crippen molar-refractivity contribution in [3.05, 3.63) is 59.7 Å². The van der Waals surface area contributed by atoms with Gasteiger partial charge < -0.3 is 21.7 Å². The Morgan fingerprint density at radius 2 is 1.46 bits per heavy atom. The standard InChI is InChI=1S/C19H22N4O3/c1-12-3-5-14(6-4-12)17(21-13(2)24)11-18(25)22-15-7-9-16(10-8-15)23-19(20)26/h3-10,17H,11H2,1-2H3,(H,21,24)(H,22,25)(H3,20,23,26). The average Bonchev–Trinajstić information content (AvgIpc) is 2.56. The third-order valence-electron chi connectivity index (χ3n) is 3.68. The van der Waals surface area contributed by atoms with Crippen LogP contribution in [0.25, 0.3) is 0 Å². The summed E-state index contributed by atoms with van der Waals surface area (Å²) in [5.41, 5.74) is 8.13. The molecular formula is C19H22N4O3. The van der Waals surface area contributed by atoms with Gasteiger partial charge in [0.25, 0.3) is 0 Å². The van der Waals surface area contributed by atoms with E-state index in [1.807, 2.05) is 31.2 Å². The second-order valence-electron chi connectivity index (χ2n) is 5.98. The summed E-state index contributed by atoms with van der Waals surface area (Å²) in [6.07, 6.45) is 0.101. The van der Waals surface area contributed by atoms with Crippen molar-refractivity contribution in [1.82, 2.24) is 5.32 Å². The molecule has 2 aromatic carbocycles. The minimum absolute atomic E-state index is 0.101. The predicted octanol–water partition coefficient (Wildman–Crippen LogP) is 2.69. The van der Waals surface area contributed by atoms with Crippen LogP contribution in [0.2, 0.25) is 0 Å². The number of nitrogens with one attached hydrogen (secondary N) is 3. The van der Waals surface area contributed by atoms with Crippen LogP contribution < -0.4 is 21.7 Å². The van der Waals surface area contributed by atoms with Crippen LogP contribution in [-0.4, -0.2) is 17.8 Å². The maximum Gasteiger partial charge on any atom is 0.316 e. The van der Waals surface area contributed by atoms with Crippen molar-refractivity contribution < 1.29 is 14.4 Å². The average molecular weight is 354 g/mol. The molecule has 136 valence electrons. The first-order valence-electron chi connectivity index (χ1n) is 8.13. The van der Waals surface area contributed by atoms with Crippen LogP contribution in [0.3, 0.4) is 0 Å². The normalized spacial score (nSPS) is 11.3. The van der Waals surface area contributed by atoms with Crippen LogP contribution in [0, 0.1) is 6.92 Å². The zero-order valence-corrected chi connectivity index (χ0v) is 14.7. The van der Waals surface area contributed by atoms with E-state index in [1.54, 1.807) is 24.3 Å². The molecule has 0 heterocycles. The first-order chi connectivity index (χ1) is 12.3. The third kappa shape index (κ3) is 5.94. The molecule has 0 aliphatic rings. The van der Waals surface area contributed by atoms with Crippen molar-refractivity contribution in [2.45, 2.75) is 26.3 Å². The third-order valence-corrected chi connectivity index (χ3v) is 3.68. The van der Waals surface area contributed by atoms with Gasteiger partial charge in [0.15, 0.2) is 0 Å². The molecule has 0 aliphatic carbocycles. The summed E-state index contributed by atoms with van der Waals surface area (Å²) in [7, 11) is 0. The summed E-state index contributed by atoms with van der Waals surface area (Å²) in [6, 6.07) is 13.2. The zero-order valence-electron chi connectivity index (χ0n) is 14.7. The van der Waals surface area contributed by atoms with Gasteiger partial charge in [-0.1, -0.05) is 29.8 Å². The Hall–Kier alpha value is -3.35. The number of urea groups is 1. The number of rotatable bonds is 6. The summed E-state index contributed by atoms with van der Waals surface area (Å²) >= 11 is 0. The lowest BCUT2D eigenvalue weighted by atomic mass is 10.0. The number of carbonyl (C=O) groups is 3. The maximum atomic E-state index is 12.4. The number of aryl methyl sites for hydroxylation is 1. The Morgan fingerprint density at radius 1 is 0.923 bits per heavy atom. The lowest BCUT2D eigenvalue weighted by molar-refractivity contribution is -0.120. The molecule has 0 radical (unpaired) electrons. The van der Waals surface area contributed by atoms with Gasteiger partial charge in [0.05, 0.1) is 12.5 Å². The summed E-state index contributed by atoms with van der Waals surface area (Å²) < 4.78 is 0. The van der Waals surface area contributed by atoms with E-state index in [0.29, 0.717) is 11.4 Å². The van der Waals surface area contributed by atoms with Crippen LogP contribution in [0.4, 0.5) is 16.2 Å². The van der Waals surface area contributed by atoms with Gasteiger partial charge in [-0.25, -0.2) is 4.79 Å². The molecule has 0 spiro atoms. The van der Waals surface area contributed by atoms with Crippen molar-refractivity contribution >= 4 is 29.2 Å². The fraction of sp³-hybridized carbons (Fsp3) is 0.211. The molecule has 4 amide bonds. The zero-order chi connectivity index (χ0) is 19.1. The van der Waals surface area contributed by atoms with E-state index < -0.39 is 12.1 Å². The Balaban J connectivity index is 2.03. The minimum Gasteiger partial charge on any atom is -0.351 e. The van der Waals surface area contributed by atoms with Crippen LogP contribution in [0.5, 0.6) is 0 Å². The van der Waals surface area contributed by atoms with E-state index in [2.05, 4.69) is 16.0 Å². The van der Waals surface area contributed by atoms with Gasteiger partial charge in [-0.15, -0.1) is 0 Å². The second kappa shape index (κ2) is 8.66. The van der Waals surface area contributed by atoms with E-state index in [0.717, 1.165) is 11.1 Å². The van der Waals surface area contributed by atoms with E-state index in [1.165, 1.54) is 6.92 Å². The van der Waals surface area contributed by atoms with Gasteiger partial charge in [-0.05, 0) is 36.8 Å². The van der Waals surface area contributed by atoms with Gasteiger partial charge in [0.2, 0.25) is 11.8 Å². The van der Waals surface area contributed by atoms with Crippen molar-refractivity contribution in [1.29, 1.82) is 0 Å².